The van der Waals surface area contributed by atoms with Crippen molar-refractivity contribution in [2.24, 2.45) is 0 Å². The van der Waals surface area contributed by atoms with Gasteiger partial charge in [0.25, 0.3) is 5.97 Å². The van der Waals surface area contributed by atoms with Gasteiger partial charge in [-0.05, 0) is 121 Å². The van der Waals surface area contributed by atoms with Crippen molar-refractivity contribution in [2.45, 2.75) is 98.3 Å². The molecule has 5 heterocycles. The maximum Gasteiger partial charge on any atom is 0.373 e. The molecule has 7 N–H and O–H groups in total. The van der Waals surface area contributed by atoms with Crippen molar-refractivity contribution in [1.82, 2.24) is 24.9 Å². The maximum atomic E-state index is 12.2. The van der Waals surface area contributed by atoms with E-state index in [0.29, 0.717) is 31.5 Å². The van der Waals surface area contributed by atoms with Crippen molar-refractivity contribution in [2.75, 3.05) is 26.6 Å². The Bertz CT molecular complexity index is 5410. The Balaban J connectivity index is 0.000000503. The summed E-state index contributed by atoms with van der Waals surface area (Å²) >= 11 is 0. The van der Waals surface area contributed by atoms with Crippen molar-refractivity contribution < 1.29 is 203 Å². The molecule has 0 saturated heterocycles. The van der Waals surface area contributed by atoms with Crippen LogP contribution in [0.4, 0.5) is 57.5 Å². The standard InChI is InChI=1S/2C21H18N2O.C13H11N2O2.2C13H13N2.C8H7O2.C8H9.C7H7.CO2.5Y/c24-20(16-17-7-2-1-3-8-17)13-12-18-9-6-10-19(15-18)23-21-11-4-5-14-22-21;24-20(13-12-17-7-2-1-3-8-17)16-18-9-6-10-19(15-18)23-21-11-4-5-14-22-21;16-13(17)9-10-4-3-5-11(8-10)15-12-6-1-2-7-14-12;2*1-2-11-6-5-7-12(10-11)15-13-8-3-4-9-14-13;9-8(10)6-7-4-2-1-3-5-7;1-2-8-6-4-3-5-7-8;1-7-5-3-2-4-6-7;2-1-3;;;;;/h2*1-2,5-11,14-15H,12-13,16H2,(H,22,23);2-8H,9H2,(H,14,15)(H,16,17);2*4-10H,2H2,1H3,(H,14,15);1-2,4-5H,6H2,(H,9,10);3-4,6-7H,2H2,1H3;2-3,5-6H,1H3;;;;;;/q2*-2;6*-1;;;;;;. The van der Waals surface area contributed by atoms with Gasteiger partial charge < -0.3 is 66.5 Å². The number of nitrogens with one attached hydrogen (secondary N) is 5. The molecule has 15 rings (SSSR count). The van der Waals surface area contributed by atoms with Crippen molar-refractivity contribution in [3.63, 3.8) is 0 Å². The number of aryl methyl sites for hydroxylation is 6. The zero-order chi connectivity index (χ0) is 87.4. The van der Waals surface area contributed by atoms with E-state index in [2.05, 4.69) is 182 Å². The number of aliphatic carboxylic acids is 2. The van der Waals surface area contributed by atoms with Crippen LogP contribution in [0, 0.1) is 67.6 Å². The number of carbonyl (C=O) groups excluding carboxylic acids is 4. The number of carbonyl (C=O) groups is 4. The van der Waals surface area contributed by atoms with Gasteiger partial charge in [0.2, 0.25) is 0 Å². The van der Waals surface area contributed by atoms with Gasteiger partial charge in [0.05, 0.1) is 6.42 Å². The van der Waals surface area contributed by atoms with Gasteiger partial charge in [-0.25, -0.2) is 0 Å². The molecule has 5 radical (unpaired) electrons. The van der Waals surface area contributed by atoms with Crippen LogP contribution < -0.4 is 26.6 Å². The summed E-state index contributed by atoms with van der Waals surface area (Å²) in [5.41, 5.74) is 15.9. The number of ketones is 2. The fourth-order valence-electron chi connectivity index (χ4n) is 11.1. The molecule has 0 bridgehead atoms. The predicted octanol–water partition coefficient (Wildman–Crippen LogP) is 21.3. The number of hydrogen-bond donors (Lipinski definition) is 7. The van der Waals surface area contributed by atoms with Crippen molar-refractivity contribution in [3.8, 4) is 0 Å². The second kappa shape index (κ2) is 71.0. The van der Waals surface area contributed by atoms with E-state index >= 15 is 0 Å². The largest absolute Gasteiger partial charge is 0.482 e. The summed E-state index contributed by atoms with van der Waals surface area (Å²) in [5, 5.41) is 33.1. The van der Waals surface area contributed by atoms with Gasteiger partial charge in [-0.2, -0.15) is 239 Å². The third kappa shape index (κ3) is 52.0. The van der Waals surface area contributed by atoms with Crippen LogP contribution in [0.5, 0.6) is 0 Å². The van der Waals surface area contributed by atoms with Crippen LogP contribution in [0.2, 0.25) is 0 Å². The smallest absolute Gasteiger partial charge is 0.373 e. The Labute approximate surface area is 879 Å². The number of carboxylic acids is 2. The summed E-state index contributed by atoms with van der Waals surface area (Å²) in [5.74, 6) is 2.66. The quantitative estimate of drug-likeness (QED) is 0.0236. The molecule has 0 aliphatic heterocycles. The molecular formula is C105H96N10O8Y5-10. The van der Waals surface area contributed by atoms with E-state index in [-0.39, 0.29) is 194 Å². The molecule has 0 saturated carbocycles. The van der Waals surface area contributed by atoms with Crippen LogP contribution in [0.25, 0.3) is 0 Å². The topological polar surface area (TPSA) is 267 Å². The molecule has 128 heavy (non-hydrogen) atoms. The first-order valence-electron chi connectivity index (χ1n) is 39.7. The molecule has 639 valence electrons. The van der Waals surface area contributed by atoms with Crippen molar-refractivity contribution in [3.05, 3.63) is 451 Å². The summed E-state index contributed by atoms with van der Waals surface area (Å²) < 4.78 is 0. The van der Waals surface area contributed by atoms with E-state index in [1.54, 1.807) is 116 Å². The number of benzene rings is 10. The monoisotopic (exact) mass is 2070 g/mol. The number of Topliss-reactive ketones (excluding diaryl/α,β-unsaturated/α-hetero) is 2. The minimum atomic E-state index is -0.840. The number of hydrogen-bond acceptors (Lipinski definition) is 16. The summed E-state index contributed by atoms with van der Waals surface area (Å²) in [4.78, 5) is 82.3. The zero-order valence-electron chi connectivity index (χ0n) is 72.0. The van der Waals surface area contributed by atoms with Gasteiger partial charge in [-0.3, -0.25) is 14.4 Å². The van der Waals surface area contributed by atoms with Crippen LogP contribution in [-0.2, 0) is 250 Å². The van der Waals surface area contributed by atoms with Crippen molar-refractivity contribution in [1.29, 1.82) is 0 Å². The first-order chi connectivity index (χ1) is 60.1. The molecule has 5 aromatic heterocycles. The van der Waals surface area contributed by atoms with E-state index < -0.39 is 11.9 Å². The number of aromatic nitrogens is 5. The number of anilines is 10. The van der Waals surface area contributed by atoms with Gasteiger partial charge >= 0.3 is 12.1 Å². The van der Waals surface area contributed by atoms with E-state index in [1.165, 1.54) is 22.3 Å². The normalized spacial score (nSPS) is 9.34. The molecule has 0 amide bonds. The van der Waals surface area contributed by atoms with E-state index in [4.69, 9.17) is 19.8 Å². The predicted molar refractivity (Wildman–Crippen MR) is 485 cm³/mol. The second-order valence-corrected chi connectivity index (χ2v) is 26.8. The number of rotatable bonds is 27. The van der Waals surface area contributed by atoms with E-state index in [0.717, 1.165) is 117 Å². The number of nitrogens with zero attached hydrogens (tertiary/aromatic N) is 5. The Morgan fingerprint density at radius 2 is 0.531 bits per heavy atom. The molecule has 23 heteroatoms. The fraction of sp³-hybridized carbons (Fsp3) is 0.143. The third-order valence-corrected chi connectivity index (χ3v) is 17.1. The molecule has 10 aromatic carbocycles. The number of pyridine rings is 5. The second-order valence-electron chi connectivity index (χ2n) is 26.8. The summed E-state index contributed by atoms with van der Waals surface area (Å²) in [6, 6.07) is 126. The van der Waals surface area contributed by atoms with Gasteiger partial charge in [0.1, 0.15) is 11.6 Å². The average Bonchev–Trinajstić information content (AvgIpc) is 0.834. The van der Waals surface area contributed by atoms with Crippen LogP contribution >= 0.6 is 0 Å². The fourth-order valence-corrected chi connectivity index (χ4v) is 11.1. The molecule has 18 nitrogen and oxygen atoms in total. The summed E-state index contributed by atoms with van der Waals surface area (Å²) in [6.45, 7) is 8.49. The van der Waals surface area contributed by atoms with E-state index in [9.17, 15) is 19.2 Å². The van der Waals surface area contributed by atoms with Crippen LogP contribution in [0.15, 0.2) is 334 Å². The van der Waals surface area contributed by atoms with Crippen LogP contribution in [-0.4, -0.2) is 64.8 Å². The third-order valence-electron chi connectivity index (χ3n) is 17.1. The van der Waals surface area contributed by atoms with Gasteiger partial charge in [-0.15, -0.1) is 41.5 Å². The Kier molecular flexibility index (Phi) is 63.4. The van der Waals surface area contributed by atoms with Crippen molar-refractivity contribution >= 4 is 87.2 Å². The Morgan fingerprint density at radius 3 is 0.805 bits per heavy atom. The average molecular weight is 2070 g/mol. The van der Waals surface area contributed by atoms with Gasteiger partial charge in [-0.1, -0.05) is 132 Å². The molecule has 0 fully saturated rings. The summed E-state index contributed by atoms with van der Waals surface area (Å²) in [6.07, 6.45) is 15.5. The molecular weight excluding hydrogens is 1970 g/mol. The van der Waals surface area contributed by atoms with Crippen LogP contribution in [0.3, 0.4) is 0 Å². The first kappa shape index (κ1) is 114. The zero-order valence-corrected chi connectivity index (χ0v) is 86.2. The molecule has 0 aliphatic carbocycles. The van der Waals surface area contributed by atoms with Gasteiger partial charge in [0.15, 0.2) is 0 Å². The number of carboxylic acid groups (broad SMARTS) is 2. The minimum Gasteiger partial charge on any atom is -0.482 e. The van der Waals surface area contributed by atoms with E-state index in [1.807, 2.05) is 176 Å². The van der Waals surface area contributed by atoms with Crippen LogP contribution in [0.1, 0.15) is 89.2 Å². The Hall–Kier alpha value is -9.87. The molecule has 0 aliphatic rings. The molecule has 15 aromatic rings. The molecule has 0 spiro atoms. The SMILES string of the molecule is CCc1c[c-]ccc1.CCc1cccc(Nc2c[c-]ccn2)c1.CCc1cccc(Nc2c[c-]ccn2)c1.Cc1c[c-]ccc1.O=C(CCc1c[c-]ccc1)Cc1cccc(Nc2c[c-]ccn2)c1.O=C(CCc1cccc(Nc2c[c-]ccn2)c1)Cc1c[c-]ccc1.O=C(O)Cc1c[c-]ccc1.O=C(O)Cc1cccc(Nc2c[c-]ccn2)c1.O=C=O.[Y].[Y].[Y].[Y].[Y]. The van der Waals surface area contributed by atoms with Gasteiger partial charge in [0, 0.05) is 240 Å². The Morgan fingerprint density at radius 1 is 0.289 bits per heavy atom. The first-order valence-corrected chi connectivity index (χ1v) is 39.7. The summed E-state index contributed by atoms with van der Waals surface area (Å²) in [7, 11) is 0. The minimum absolute atomic E-state index is 0. The maximum absolute atomic E-state index is 12.2. The molecule has 0 atom stereocenters. The molecule has 0 unspecified atom stereocenters.